The van der Waals surface area contributed by atoms with Crippen molar-refractivity contribution < 1.29 is 13.5 Å². The lowest BCUT2D eigenvalue weighted by Gasteiger charge is -2.36. The van der Waals surface area contributed by atoms with Crippen molar-refractivity contribution in [2.24, 2.45) is 0 Å². The third-order valence-corrected chi connectivity index (χ3v) is 4.19. The minimum Gasteiger partial charge on any atom is -0.495 e. The van der Waals surface area contributed by atoms with Crippen LogP contribution in [0.4, 0.5) is 14.5 Å². The lowest BCUT2D eigenvalue weighted by atomic mass is 10.1. The van der Waals surface area contributed by atoms with Crippen LogP contribution in [0.25, 0.3) is 0 Å². The van der Waals surface area contributed by atoms with Crippen LogP contribution < -0.4 is 9.64 Å². The first-order chi connectivity index (χ1) is 11.2. The van der Waals surface area contributed by atoms with Gasteiger partial charge in [-0.05, 0) is 29.8 Å². The first-order valence-electron chi connectivity index (χ1n) is 7.71. The largest absolute Gasteiger partial charge is 0.495 e. The Hall–Kier alpha value is -2.14. The molecule has 0 bridgehead atoms. The molecule has 0 N–H and O–H groups in total. The Labute approximate surface area is 135 Å². The van der Waals surface area contributed by atoms with E-state index in [1.165, 1.54) is 12.1 Å². The number of methoxy groups -OCH3 is 1. The van der Waals surface area contributed by atoms with Crippen LogP contribution in [0.3, 0.4) is 0 Å². The average Bonchev–Trinajstić information content (AvgIpc) is 2.59. The monoisotopic (exact) mass is 318 g/mol. The van der Waals surface area contributed by atoms with Crippen molar-refractivity contribution in [2.45, 2.75) is 6.54 Å². The fourth-order valence-electron chi connectivity index (χ4n) is 2.93. The molecule has 0 amide bonds. The van der Waals surface area contributed by atoms with Crippen molar-refractivity contribution in [1.29, 1.82) is 0 Å². The molecule has 3 nitrogen and oxygen atoms in total. The van der Waals surface area contributed by atoms with Gasteiger partial charge in [0.15, 0.2) is 11.6 Å². The van der Waals surface area contributed by atoms with E-state index in [1.54, 1.807) is 13.2 Å². The number of benzene rings is 2. The number of hydrogen-bond acceptors (Lipinski definition) is 3. The maximum absolute atomic E-state index is 13.3. The molecule has 5 heteroatoms. The summed E-state index contributed by atoms with van der Waals surface area (Å²) in [7, 11) is 1.68. The lowest BCUT2D eigenvalue weighted by molar-refractivity contribution is 0.248. The molecule has 0 atom stereocenters. The van der Waals surface area contributed by atoms with Gasteiger partial charge < -0.3 is 9.64 Å². The predicted molar refractivity (Wildman–Crippen MR) is 86.8 cm³/mol. The number of halogens is 2. The van der Waals surface area contributed by atoms with E-state index in [4.69, 9.17) is 4.74 Å². The molecule has 1 fully saturated rings. The first-order valence-corrected chi connectivity index (χ1v) is 7.71. The van der Waals surface area contributed by atoms with Gasteiger partial charge in [-0.25, -0.2) is 8.78 Å². The van der Waals surface area contributed by atoms with Crippen LogP contribution in [0.1, 0.15) is 5.56 Å². The topological polar surface area (TPSA) is 15.7 Å². The second-order valence-electron chi connectivity index (χ2n) is 5.68. The van der Waals surface area contributed by atoms with E-state index in [9.17, 15) is 8.78 Å². The zero-order chi connectivity index (χ0) is 16.2. The average molecular weight is 318 g/mol. The molecule has 1 heterocycles. The van der Waals surface area contributed by atoms with E-state index in [0.29, 0.717) is 6.54 Å². The minimum absolute atomic E-state index is 0.636. The number of anilines is 1. The van der Waals surface area contributed by atoms with Gasteiger partial charge in [0.1, 0.15) is 5.75 Å². The van der Waals surface area contributed by atoms with Crippen molar-refractivity contribution in [3.63, 3.8) is 0 Å². The number of para-hydroxylation sites is 2. The van der Waals surface area contributed by atoms with Gasteiger partial charge in [-0.2, -0.15) is 0 Å². The highest BCUT2D eigenvalue weighted by Crippen LogP contribution is 2.28. The molecular formula is C18H20F2N2O. The summed E-state index contributed by atoms with van der Waals surface area (Å²) >= 11 is 0. The molecule has 1 aliphatic rings. The highest BCUT2D eigenvalue weighted by molar-refractivity contribution is 5.58. The van der Waals surface area contributed by atoms with Crippen LogP contribution in [0.15, 0.2) is 42.5 Å². The fraction of sp³-hybridized carbons (Fsp3) is 0.333. The molecule has 2 aromatic carbocycles. The molecule has 0 saturated carbocycles. The van der Waals surface area contributed by atoms with E-state index in [1.807, 2.05) is 18.2 Å². The normalized spacial score (nSPS) is 15.7. The molecule has 0 radical (unpaired) electrons. The third kappa shape index (κ3) is 3.62. The van der Waals surface area contributed by atoms with Gasteiger partial charge in [0.2, 0.25) is 0 Å². The summed E-state index contributed by atoms with van der Waals surface area (Å²) in [6.07, 6.45) is 0. The summed E-state index contributed by atoms with van der Waals surface area (Å²) in [4.78, 5) is 4.54. The minimum atomic E-state index is -0.797. The molecule has 0 unspecified atom stereocenters. The maximum Gasteiger partial charge on any atom is 0.159 e. The zero-order valence-corrected chi connectivity index (χ0v) is 13.1. The van der Waals surface area contributed by atoms with E-state index in [0.717, 1.165) is 43.2 Å². The first kappa shape index (κ1) is 15.7. The molecule has 0 aromatic heterocycles. The summed E-state index contributed by atoms with van der Waals surface area (Å²) in [6.45, 7) is 4.14. The van der Waals surface area contributed by atoms with Crippen LogP contribution in [0.5, 0.6) is 5.75 Å². The Morgan fingerprint density at radius 1 is 0.957 bits per heavy atom. The smallest absolute Gasteiger partial charge is 0.159 e. The zero-order valence-electron chi connectivity index (χ0n) is 13.1. The van der Waals surface area contributed by atoms with Crippen molar-refractivity contribution in [2.75, 3.05) is 38.2 Å². The second kappa shape index (κ2) is 6.96. The number of rotatable bonds is 4. The quantitative estimate of drug-likeness (QED) is 0.860. The Morgan fingerprint density at radius 2 is 1.70 bits per heavy atom. The summed E-state index contributed by atoms with van der Waals surface area (Å²) in [6, 6.07) is 12.1. The van der Waals surface area contributed by atoms with Gasteiger partial charge in [-0.1, -0.05) is 18.2 Å². The summed E-state index contributed by atoms with van der Waals surface area (Å²) in [5.74, 6) is -0.702. The predicted octanol–water partition coefficient (Wildman–Crippen LogP) is 3.30. The Morgan fingerprint density at radius 3 is 2.39 bits per heavy atom. The number of nitrogens with zero attached hydrogens (tertiary/aromatic N) is 2. The number of hydrogen-bond donors (Lipinski definition) is 0. The molecular weight excluding hydrogens is 298 g/mol. The van der Waals surface area contributed by atoms with E-state index >= 15 is 0 Å². The van der Waals surface area contributed by atoms with Crippen LogP contribution in [0, 0.1) is 11.6 Å². The van der Waals surface area contributed by atoms with E-state index in [-0.39, 0.29) is 0 Å². The van der Waals surface area contributed by atoms with Crippen molar-refractivity contribution in [1.82, 2.24) is 4.90 Å². The Balaban J connectivity index is 1.61. The summed E-state index contributed by atoms with van der Waals surface area (Å²) < 4.78 is 31.7. The Kier molecular flexibility index (Phi) is 4.76. The Bertz CT molecular complexity index is 670. The van der Waals surface area contributed by atoms with Gasteiger partial charge in [-0.3, -0.25) is 4.90 Å². The molecule has 1 saturated heterocycles. The van der Waals surface area contributed by atoms with Gasteiger partial charge in [0.05, 0.1) is 12.8 Å². The molecule has 23 heavy (non-hydrogen) atoms. The number of piperazine rings is 1. The molecule has 2 aromatic rings. The van der Waals surface area contributed by atoms with Gasteiger partial charge in [0.25, 0.3) is 0 Å². The van der Waals surface area contributed by atoms with Crippen LogP contribution in [0.2, 0.25) is 0 Å². The lowest BCUT2D eigenvalue weighted by Crippen LogP contribution is -2.46. The molecule has 0 aliphatic carbocycles. The molecule has 3 rings (SSSR count). The molecule has 122 valence electrons. The maximum atomic E-state index is 13.3. The van der Waals surface area contributed by atoms with Crippen molar-refractivity contribution in [3.05, 3.63) is 59.7 Å². The molecule has 1 aliphatic heterocycles. The highest BCUT2D eigenvalue weighted by Gasteiger charge is 2.19. The van der Waals surface area contributed by atoms with Gasteiger partial charge >= 0.3 is 0 Å². The standard InChI is InChI=1S/C18H20F2N2O/c1-23-18-5-3-2-4-17(18)22-10-8-21(9-11-22)13-14-6-7-15(19)16(20)12-14/h2-7,12H,8-11,13H2,1H3. The van der Waals surface area contributed by atoms with Gasteiger partial charge in [-0.15, -0.1) is 0 Å². The van der Waals surface area contributed by atoms with Crippen molar-refractivity contribution in [3.8, 4) is 5.75 Å². The van der Waals surface area contributed by atoms with Crippen LogP contribution >= 0.6 is 0 Å². The fourth-order valence-corrected chi connectivity index (χ4v) is 2.93. The third-order valence-electron chi connectivity index (χ3n) is 4.19. The van der Waals surface area contributed by atoms with Gasteiger partial charge in [0, 0.05) is 32.7 Å². The van der Waals surface area contributed by atoms with E-state index in [2.05, 4.69) is 15.9 Å². The second-order valence-corrected chi connectivity index (χ2v) is 5.68. The summed E-state index contributed by atoms with van der Waals surface area (Å²) in [5.41, 5.74) is 1.90. The summed E-state index contributed by atoms with van der Waals surface area (Å²) in [5, 5.41) is 0. The van der Waals surface area contributed by atoms with Crippen LogP contribution in [-0.4, -0.2) is 38.2 Å². The van der Waals surface area contributed by atoms with Crippen molar-refractivity contribution >= 4 is 5.69 Å². The molecule has 0 spiro atoms. The highest BCUT2D eigenvalue weighted by atomic mass is 19.2. The van der Waals surface area contributed by atoms with E-state index < -0.39 is 11.6 Å². The number of ether oxygens (including phenoxy) is 1. The van der Waals surface area contributed by atoms with Crippen LogP contribution in [-0.2, 0) is 6.54 Å². The SMILES string of the molecule is COc1ccccc1N1CCN(Cc2ccc(F)c(F)c2)CC1.